The molecule has 0 atom stereocenters. The van der Waals surface area contributed by atoms with E-state index in [1.807, 2.05) is 13.0 Å². The van der Waals surface area contributed by atoms with Crippen LogP contribution in [0, 0.1) is 6.92 Å². The number of hydrogen-bond acceptors (Lipinski definition) is 3. The summed E-state index contributed by atoms with van der Waals surface area (Å²) in [4.78, 5) is 4.46. The molecule has 2 rings (SSSR count). The van der Waals surface area contributed by atoms with Crippen molar-refractivity contribution in [2.45, 2.75) is 32.9 Å². The zero-order chi connectivity index (χ0) is 12.3. The Balaban J connectivity index is 2.03. The first-order valence-corrected chi connectivity index (χ1v) is 6.67. The summed E-state index contributed by atoms with van der Waals surface area (Å²) in [6.07, 6.45) is 0. The van der Waals surface area contributed by atoms with Crippen LogP contribution in [0.5, 0.6) is 0 Å². The highest BCUT2D eigenvalue weighted by Gasteiger charge is 2.19. The van der Waals surface area contributed by atoms with E-state index >= 15 is 0 Å². The smallest absolute Gasteiger partial charge is 0.0897 e. The monoisotopic (exact) mass is 246 g/mol. The molecule has 0 saturated carbocycles. The molecule has 3 heteroatoms. The van der Waals surface area contributed by atoms with Crippen LogP contribution < -0.4 is 5.32 Å². The molecule has 2 aromatic rings. The van der Waals surface area contributed by atoms with Gasteiger partial charge in [0.05, 0.1) is 10.7 Å². The summed E-state index contributed by atoms with van der Waals surface area (Å²) in [5.74, 6) is 0. The van der Waals surface area contributed by atoms with Gasteiger partial charge in [-0.3, -0.25) is 0 Å². The van der Waals surface area contributed by atoms with Gasteiger partial charge < -0.3 is 5.32 Å². The van der Waals surface area contributed by atoms with E-state index < -0.39 is 0 Å². The maximum absolute atomic E-state index is 4.46. The summed E-state index contributed by atoms with van der Waals surface area (Å²) in [6, 6.07) is 10.5. The number of rotatable bonds is 4. The molecule has 0 radical (unpaired) electrons. The normalized spacial score (nSPS) is 11.7. The van der Waals surface area contributed by atoms with Gasteiger partial charge in [0.1, 0.15) is 0 Å². The second-order valence-corrected chi connectivity index (χ2v) is 5.76. The molecule has 0 amide bonds. The van der Waals surface area contributed by atoms with Gasteiger partial charge in [-0.15, -0.1) is 11.3 Å². The van der Waals surface area contributed by atoms with E-state index in [0.29, 0.717) is 0 Å². The number of thiazole rings is 1. The molecular formula is C14H18N2S. The fourth-order valence-corrected chi connectivity index (χ4v) is 2.37. The van der Waals surface area contributed by atoms with Crippen LogP contribution in [0.4, 0.5) is 0 Å². The average Bonchev–Trinajstić information content (AvgIpc) is 2.74. The van der Waals surface area contributed by atoms with E-state index in [-0.39, 0.29) is 5.54 Å². The van der Waals surface area contributed by atoms with Gasteiger partial charge in [-0.1, -0.05) is 30.3 Å². The molecule has 2 nitrogen and oxygen atoms in total. The van der Waals surface area contributed by atoms with Gasteiger partial charge in [0.25, 0.3) is 0 Å². The Morgan fingerprint density at radius 2 is 1.94 bits per heavy atom. The van der Waals surface area contributed by atoms with Crippen LogP contribution in [0.3, 0.4) is 0 Å². The molecule has 0 fully saturated rings. The van der Waals surface area contributed by atoms with E-state index in [0.717, 1.165) is 17.2 Å². The van der Waals surface area contributed by atoms with Crippen molar-refractivity contribution in [2.24, 2.45) is 0 Å². The van der Waals surface area contributed by atoms with Gasteiger partial charge in [0.2, 0.25) is 0 Å². The third-order valence-electron chi connectivity index (χ3n) is 2.87. The zero-order valence-electron chi connectivity index (χ0n) is 10.5. The van der Waals surface area contributed by atoms with E-state index in [1.165, 1.54) is 5.56 Å². The summed E-state index contributed by atoms with van der Waals surface area (Å²) >= 11 is 1.70. The van der Waals surface area contributed by atoms with Crippen molar-refractivity contribution >= 4 is 11.3 Å². The lowest BCUT2D eigenvalue weighted by molar-refractivity contribution is 0.399. The molecule has 1 heterocycles. The Bertz CT molecular complexity index is 474. The van der Waals surface area contributed by atoms with Crippen molar-refractivity contribution in [1.29, 1.82) is 0 Å². The fourth-order valence-electron chi connectivity index (χ4n) is 1.76. The summed E-state index contributed by atoms with van der Waals surface area (Å²) < 4.78 is 0. The fraction of sp³-hybridized carbons (Fsp3) is 0.357. The summed E-state index contributed by atoms with van der Waals surface area (Å²) in [5.41, 5.74) is 2.39. The van der Waals surface area contributed by atoms with Crippen molar-refractivity contribution in [2.75, 3.05) is 0 Å². The molecule has 0 aliphatic heterocycles. The highest BCUT2D eigenvalue weighted by molar-refractivity contribution is 7.09. The summed E-state index contributed by atoms with van der Waals surface area (Å²) in [5, 5.41) is 6.79. The minimum atomic E-state index is -0.0290. The van der Waals surface area contributed by atoms with Gasteiger partial charge in [-0.05, 0) is 26.3 Å². The molecule has 90 valence electrons. The lowest BCUT2D eigenvalue weighted by Crippen LogP contribution is -2.35. The summed E-state index contributed by atoms with van der Waals surface area (Å²) in [6.45, 7) is 7.24. The molecule has 1 N–H and O–H groups in total. The highest BCUT2D eigenvalue weighted by Crippen LogP contribution is 2.20. The SMILES string of the molecule is Cc1nc(CNC(C)(C)c2ccccc2)cs1. The number of hydrogen-bond donors (Lipinski definition) is 1. The maximum Gasteiger partial charge on any atom is 0.0897 e. The van der Waals surface area contributed by atoms with Crippen LogP contribution in [0.1, 0.15) is 30.1 Å². The Hall–Kier alpha value is -1.19. The highest BCUT2D eigenvalue weighted by atomic mass is 32.1. The zero-order valence-corrected chi connectivity index (χ0v) is 11.3. The Kier molecular flexibility index (Phi) is 3.60. The van der Waals surface area contributed by atoms with Crippen molar-refractivity contribution in [1.82, 2.24) is 10.3 Å². The molecule has 0 bridgehead atoms. The molecule has 1 aromatic heterocycles. The Morgan fingerprint density at radius 1 is 1.24 bits per heavy atom. The second-order valence-electron chi connectivity index (χ2n) is 4.70. The van der Waals surface area contributed by atoms with Crippen LogP contribution in [-0.2, 0) is 12.1 Å². The lowest BCUT2D eigenvalue weighted by atomic mass is 9.94. The minimum absolute atomic E-state index is 0.0290. The van der Waals surface area contributed by atoms with E-state index in [9.17, 15) is 0 Å². The first-order valence-electron chi connectivity index (χ1n) is 5.79. The van der Waals surface area contributed by atoms with E-state index in [4.69, 9.17) is 0 Å². The predicted octanol–water partition coefficient (Wildman–Crippen LogP) is 3.48. The van der Waals surface area contributed by atoms with Crippen LogP contribution >= 0.6 is 11.3 Å². The number of aryl methyl sites for hydroxylation is 1. The Labute approximate surface area is 107 Å². The van der Waals surface area contributed by atoms with Crippen LogP contribution in [0.25, 0.3) is 0 Å². The first-order chi connectivity index (χ1) is 8.08. The van der Waals surface area contributed by atoms with Crippen LogP contribution in [0.2, 0.25) is 0 Å². The van der Waals surface area contributed by atoms with Crippen molar-refractivity contribution in [3.05, 3.63) is 52.0 Å². The van der Waals surface area contributed by atoms with E-state index in [1.54, 1.807) is 11.3 Å². The van der Waals surface area contributed by atoms with Crippen molar-refractivity contribution in [3.63, 3.8) is 0 Å². The maximum atomic E-state index is 4.46. The van der Waals surface area contributed by atoms with Gasteiger partial charge in [-0.2, -0.15) is 0 Å². The van der Waals surface area contributed by atoms with Gasteiger partial charge in [-0.25, -0.2) is 4.98 Å². The number of nitrogens with one attached hydrogen (secondary N) is 1. The van der Waals surface area contributed by atoms with Gasteiger partial charge in [0.15, 0.2) is 0 Å². The third kappa shape index (κ3) is 3.14. The first kappa shape index (κ1) is 12.3. The molecule has 0 aliphatic carbocycles. The molecular weight excluding hydrogens is 228 g/mol. The van der Waals surface area contributed by atoms with Gasteiger partial charge in [0, 0.05) is 17.5 Å². The second kappa shape index (κ2) is 4.98. The molecule has 0 aliphatic rings. The number of aromatic nitrogens is 1. The lowest BCUT2D eigenvalue weighted by Gasteiger charge is -2.26. The van der Waals surface area contributed by atoms with Crippen molar-refractivity contribution in [3.8, 4) is 0 Å². The molecule has 0 saturated heterocycles. The molecule has 0 unspecified atom stereocenters. The summed E-state index contributed by atoms with van der Waals surface area (Å²) in [7, 11) is 0. The molecule has 0 spiro atoms. The predicted molar refractivity (Wildman–Crippen MR) is 73.2 cm³/mol. The van der Waals surface area contributed by atoms with Crippen LogP contribution in [-0.4, -0.2) is 4.98 Å². The largest absolute Gasteiger partial charge is 0.302 e. The molecule has 1 aromatic carbocycles. The van der Waals surface area contributed by atoms with Crippen LogP contribution in [0.15, 0.2) is 35.7 Å². The number of benzene rings is 1. The standard InChI is InChI=1S/C14H18N2S/c1-11-16-13(10-17-11)9-15-14(2,3)12-7-5-4-6-8-12/h4-8,10,15H,9H2,1-3H3. The quantitative estimate of drug-likeness (QED) is 0.893. The average molecular weight is 246 g/mol. The minimum Gasteiger partial charge on any atom is -0.302 e. The number of nitrogens with zero attached hydrogens (tertiary/aromatic N) is 1. The topological polar surface area (TPSA) is 24.9 Å². The third-order valence-corrected chi connectivity index (χ3v) is 3.70. The van der Waals surface area contributed by atoms with E-state index in [2.05, 4.69) is 53.8 Å². The molecule has 17 heavy (non-hydrogen) atoms. The van der Waals surface area contributed by atoms with Gasteiger partial charge >= 0.3 is 0 Å². The van der Waals surface area contributed by atoms with Crippen molar-refractivity contribution < 1.29 is 0 Å². The Morgan fingerprint density at radius 3 is 2.53 bits per heavy atom.